The first-order valence-corrected chi connectivity index (χ1v) is 12.1. The Morgan fingerprint density at radius 2 is 2.00 bits per heavy atom. The summed E-state index contributed by atoms with van der Waals surface area (Å²) in [6.07, 6.45) is 3.35. The topological polar surface area (TPSA) is 76.6 Å². The Bertz CT molecular complexity index is 957. The molecule has 1 aliphatic rings. The van der Waals surface area contributed by atoms with E-state index in [1.807, 2.05) is 0 Å². The zero-order chi connectivity index (χ0) is 20.5. The van der Waals surface area contributed by atoms with Crippen molar-refractivity contribution in [3.8, 4) is 5.75 Å². The second kappa shape index (κ2) is 8.39. The molecule has 1 amide bonds. The van der Waals surface area contributed by atoms with Gasteiger partial charge in [0.15, 0.2) is 9.84 Å². The maximum absolute atomic E-state index is 13.0. The summed E-state index contributed by atoms with van der Waals surface area (Å²) in [5.74, 6) is 0.484. The van der Waals surface area contributed by atoms with E-state index >= 15 is 0 Å². The Balaban J connectivity index is 1.71. The molecule has 2 aromatic rings. The van der Waals surface area contributed by atoms with Gasteiger partial charge in [-0.15, -0.1) is 11.3 Å². The van der Waals surface area contributed by atoms with E-state index < -0.39 is 15.1 Å². The van der Waals surface area contributed by atoms with Crippen molar-refractivity contribution in [2.24, 2.45) is 0 Å². The molecule has 6 nitrogen and oxygen atoms in total. The van der Waals surface area contributed by atoms with Crippen molar-refractivity contribution in [1.29, 1.82) is 0 Å². The number of hydrogen-bond donors (Lipinski definition) is 0. The molecule has 1 saturated carbocycles. The summed E-state index contributed by atoms with van der Waals surface area (Å²) in [4.78, 5) is 19.5. The minimum Gasteiger partial charge on any atom is -0.486 e. The molecule has 0 radical (unpaired) electrons. The van der Waals surface area contributed by atoms with Gasteiger partial charge in [-0.2, -0.15) is 0 Å². The number of amides is 1. The van der Waals surface area contributed by atoms with Crippen molar-refractivity contribution in [3.63, 3.8) is 0 Å². The average molecular weight is 443 g/mol. The third kappa shape index (κ3) is 4.67. The molecule has 3 rings (SSSR count). The number of aryl methyl sites for hydroxylation is 1. The number of halogens is 1. The first kappa shape index (κ1) is 21.1. The third-order valence-corrected chi connectivity index (χ3v) is 8.02. The van der Waals surface area contributed by atoms with Crippen molar-refractivity contribution in [3.05, 3.63) is 44.9 Å². The molecule has 0 spiro atoms. The van der Waals surface area contributed by atoms with E-state index in [9.17, 15) is 13.2 Å². The summed E-state index contributed by atoms with van der Waals surface area (Å²) in [6, 6.07) is 6.74. The number of carbonyl (C=O) groups excluding carboxylic acids is 1. The van der Waals surface area contributed by atoms with Crippen molar-refractivity contribution < 1.29 is 17.9 Å². The van der Waals surface area contributed by atoms with E-state index in [-0.39, 0.29) is 18.6 Å². The predicted molar refractivity (Wildman–Crippen MR) is 111 cm³/mol. The van der Waals surface area contributed by atoms with Gasteiger partial charge in [-0.3, -0.25) is 4.79 Å². The summed E-state index contributed by atoms with van der Waals surface area (Å²) in [6.45, 7) is 2.03. The monoisotopic (exact) mass is 442 g/mol. The van der Waals surface area contributed by atoms with Crippen LogP contribution in [0.15, 0.2) is 24.3 Å². The second-order valence-corrected chi connectivity index (χ2v) is 10.8. The molecule has 1 heterocycles. The highest BCUT2D eigenvalue weighted by molar-refractivity contribution is 7.91. The van der Waals surface area contributed by atoms with Crippen molar-refractivity contribution in [2.75, 3.05) is 13.3 Å². The van der Waals surface area contributed by atoms with Crippen LogP contribution in [-0.2, 0) is 16.4 Å². The van der Waals surface area contributed by atoms with Gasteiger partial charge in [-0.05, 0) is 50.5 Å². The molecule has 1 aromatic carbocycles. The lowest BCUT2D eigenvalue weighted by atomic mass is 10.2. The van der Waals surface area contributed by atoms with Crippen LogP contribution < -0.4 is 4.74 Å². The molecular weight excluding hydrogens is 420 g/mol. The normalized spacial score (nSPS) is 19.6. The number of carbonyl (C=O) groups is 1. The number of ether oxygens (including phenoxy) is 1. The number of aromatic nitrogens is 1. The molecule has 2 atom stereocenters. The van der Waals surface area contributed by atoms with Crippen molar-refractivity contribution >= 4 is 38.7 Å². The summed E-state index contributed by atoms with van der Waals surface area (Å²) >= 11 is 7.15. The van der Waals surface area contributed by atoms with Crippen LogP contribution in [0, 0.1) is 6.92 Å². The molecular formula is C19H23ClN2O4S2. The minimum absolute atomic E-state index is 0.187. The van der Waals surface area contributed by atoms with Crippen LogP contribution in [0.2, 0.25) is 5.02 Å². The van der Waals surface area contributed by atoms with Gasteiger partial charge in [0.1, 0.15) is 22.2 Å². The van der Waals surface area contributed by atoms with Gasteiger partial charge in [-0.25, -0.2) is 13.4 Å². The first-order valence-electron chi connectivity index (χ1n) is 8.97. The zero-order valence-corrected chi connectivity index (χ0v) is 18.4. The number of rotatable bonds is 6. The van der Waals surface area contributed by atoms with Gasteiger partial charge in [0.25, 0.3) is 5.91 Å². The van der Waals surface area contributed by atoms with Crippen LogP contribution in [-0.4, -0.2) is 48.8 Å². The molecule has 152 valence electrons. The van der Waals surface area contributed by atoms with E-state index in [0.29, 0.717) is 39.2 Å². The van der Waals surface area contributed by atoms with Gasteiger partial charge in [0.05, 0.1) is 10.9 Å². The van der Waals surface area contributed by atoms with Crippen molar-refractivity contribution in [1.82, 2.24) is 9.88 Å². The summed E-state index contributed by atoms with van der Waals surface area (Å²) in [5.41, 5.74) is 0.630. The van der Waals surface area contributed by atoms with Gasteiger partial charge >= 0.3 is 0 Å². The van der Waals surface area contributed by atoms with E-state index in [0.717, 1.165) is 6.42 Å². The summed E-state index contributed by atoms with van der Waals surface area (Å²) in [5, 5.41) is 0.824. The van der Waals surface area contributed by atoms with E-state index in [4.69, 9.17) is 16.3 Å². The SMILES string of the molecule is Cc1nc(COc2ccc(Cl)cc2)sc1C(=O)N(C)C1CCCC1S(C)(=O)=O. The molecule has 1 fully saturated rings. The fourth-order valence-electron chi connectivity index (χ4n) is 3.55. The highest BCUT2D eigenvalue weighted by Gasteiger charge is 2.39. The van der Waals surface area contributed by atoms with E-state index in [1.165, 1.54) is 17.6 Å². The number of hydrogen-bond acceptors (Lipinski definition) is 6. The standard InChI is InChI=1S/C19H23ClN2O4S2/c1-12-18(19(23)22(2)15-5-4-6-16(15)28(3,24)25)27-17(21-12)11-26-14-9-7-13(20)8-10-14/h7-10,15-16H,4-6,11H2,1-3H3. The third-order valence-electron chi connectivity index (χ3n) is 5.00. The molecule has 9 heteroatoms. The summed E-state index contributed by atoms with van der Waals surface area (Å²) < 4.78 is 29.8. The van der Waals surface area contributed by atoms with Crippen LogP contribution in [0.5, 0.6) is 5.75 Å². The molecule has 2 unspecified atom stereocenters. The maximum atomic E-state index is 13.0. The molecule has 28 heavy (non-hydrogen) atoms. The molecule has 1 aliphatic carbocycles. The van der Waals surface area contributed by atoms with Crippen LogP contribution in [0.3, 0.4) is 0 Å². The summed E-state index contributed by atoms with van der Waals surface area (Å²) in [7, 11) is -1.52. The lowest BCUT2D eigenvalue weighted by Gasteiger charge is -2.28. The molecule has 0 N–H and O–H groups in total. The van der Waals surface area contributed by atoms with Crippen LogP contribution in [0.1, 0.15) is 39.6 Å². The molecule has 0 aliphatic heterocycles. The Labute approximate surface area is 174 Å². The second-order valence-electron chi connectivity index (χ2n) is 7.05. The van der Waals surface area contributed by atoms with Gasteiger partial charge in [0, 0.05) is 24.4 Å². The lowest BCUT2D eigenvalue weighted by Crippen LogP contribution is -2.44. The molecule has 0 bridgehead atoms. The van der Waals surface area contributed by atoms with Crippen LogP contribution >= 0.6 is 22.9 Å². The fourth-order valence-corrected chi connectivity index (χ4v) is 6.12. The van der Waals surface area contributed by atoms with Gasteiger partial charge < -0.3 is 9.64 Å². The zero-order valence-electron chi connectivity index (χ0n) is 16.0. The highest BCUT2D eigenvalue weighted by atomic mass is 35.5. The quantitative estimate of drug-likeness (QED) is 0.681. The first-order chi connectivity index (χ1) is 13.2. The Hall–Kier alpha value is -1.64. The number of thiazole rings is 1. The largest absolute Gasteiger partial charge is 0.486 e. The maximum Gasteiger partial charge on any atom is 0.265 e. The van der Waals surface area contributed by atoms with Crippen molar-refractivity contribution in [2.45, 2.75) is 44.1 Å². The van der Waals surface area contributed by atoms with Gasteiger partial charge in [-0.1, -0.05) is 11.6 Å². The Kier molecular flexibility index (Phi) is 6.31. The molecule has 0 saturated heterocycles. The van der Waals surface area contributed by atoms with Crippen LogP contribution in [0.4, 0.5) is 0 Å². The number of nitrogens with zero attached hydrogens (tertiary/aromatic N) is 2. The molecule has 1 aromatic heterocycles. The fraction of sp³-hybridized carbons (Fsp3) is 0.474. The van der Waals surface area contributed by atoms with E-state index in [2.05, 4.69) is 4.98 Å². The minimum atomic E-state index is -3.20. The average Bonchev–Trinajstić information content (AvgIpc) is 3.26. The van der Waals surface area contributed by atoms with Crippen LogP contribution in [0.25, 0.3) is 0 Å². The number of sulfone groups is 1. The Morgan fingerprint density at radius 1 is 1.32 bits per heavy atom. The van der Waals surface area contributed by atoms with E-state index in [1.54, 1.807) is 43.1 Å². The lowest BCUT2D eigenvalue weighted by molar-refractivity contribution is 0.0741. The smallest absolute Gasteiger partial charge is 0.265 e. The highest BCUT2D eigenvalue weighted by Crippen LogP contribution is 2.31. The predicted octanol–water partition coefficient (Wildman–Crippen LogP) is 3.72. The van der Waals surface area contributed by atoms with Gasteiger partial charge in [0.2, 0.25) is 0 Å². The Morgan fingerprint density at radius 3 is 2.64 bits per heavy atom. The number of benzene rings is 1.